The number of fused-ring (bicyclic) bond motifs is 1. The molecule has 0 aliphatic rings. The van der Waals surface area contributed by atoms with Crippen LogP contribution in [0.1, 0.15) is 0 Å². The lowest BCUT2D eigenvalue weighted by molar-refractivity contribution is 0.299. The molecule has 2 aromatic rings. The Morgan fingerprint density at radius 1 is 1.22 bits per heavy atom. The van der Waals surface area contributed by atoms with E-state index in [2.05, 4.69) is 15.2 Å². The second kappa shape index (κ2) is 4.53. The molecule has 2 N–H and O–H groups in total. The van der Waals surface area contributed by atoms with Crippen molar-refractivity contribution in [2.75, 3.05) is 13.2 Å². The van der Waals surface area contributed by atoms with Crippen molar-refractivity contribution in [3.8, 4) is 6.01 Å². The summed E-state index contributed by atoms with van der Waals surface area (Å²) in [5.41, 5.74) is 4.39. The Bertz CT molecular complexity index is 704. The summed E-state index contributed by atoms with van der Waals surface area (Å²) in [6.45, 7) is 0.520. The van der Waals surface area contributed by atoms with Gasteiger partial charge in [0.15, 0.2) is 11.2 Å². The zero-order chi connectivity index (χ0) is 13.3. The maximum Gasteiger partial charge on any atom is 0.336 e. The number of nitrogens with zero attached hydrogens (tertiary/aromatic N) is 5. The van der Waals surface area contributed by atoms with Gasteiger partial charge in [-0.05, 0) is 0 Å². The van der Waals surface area contributed by atoms with Crippen molar-refractivity contribution in [1.29, 1.82) is 0 Å². The molecule has 0 bridgehead atoms. The molecule has 0 unspecified atom stereocenters. The van der Waals surface area contributed by atoms with Gasteiger partial charge in [0.1, 0.15) is 6.61 Å². The zero-order valence-electron chi connectivity index (χ0n) is 9.95. The first-order valence-corrected chi connectivity index (χ1v) is 5.19. The van der Waals surface area contributed by atoms with E-state index in [0.29, 0.717) is 6.54 Å². The van der Waals surface area contributed by atoms with Gasteiger partial charge in [0.05, 0.1) is 0 Å². The van der Waals surface area contributed by atoms with Crippen molar-refractivity contribution in [1.82, 2.24) is 24.3 Å². The molecule has 2 heterocycles. The summed E-state index contributed by atoms with van der Waals surface area (Å²) in [6.07, 6.45) is 0. The molecule has 0 spiro atoms. The Labute approximate surface area is 101 Å². The Morgan fingerprint density at radius 2 is 1.94 bits per heavy atom. The molecule has 0 amide bonds. The molecular formula is C9H12N6O3. The second-order valence-electron chi connectivity index (χ2n) is 3.61. The van der Waals surface area contributed by atoms with Crippen LogP contribution < -0.4 is 21.7 Å². The van der Waals surface area contributed by atoms with Gasteiger partial charge in [0, 0.05) is 20.6 Å². The van der Waals surface area contributed by atoms with E-state index in [-0.39, 0.29) is 23.8 Å². The number of aromatic nitrogens is 5. The molecule has 2 aromatic heterocycles. The van der Waals surface area contributed by atoms with Gasteiger partial charge >= 0.3 is 11.7 Å². The maximum atomic E-state index is 11.9. The van der Waals surface area contributed by atoms with E-state index in [0.717, 1.165) is 4.57 Å². The first-order chi connectivity index (χ1) is 8.56. The minimum Gasteiger partial charge on any atom is -0.461 e. The van der Waals surface area contributed by atoms with Gasteiger partial charge in [-0.25, -0.2) is 4.79 Å². The standard InChI is InChI=1S/C9H12N6O3/c1-14-6-5(7(16)15(2)9(14)17)11-8(13-12-6)18-4-3-10/h3-4,10H2,1-2H3. The summed E-state index contributed by atoms with van der Waals surface area (Å²) in [4.78, 5) is 27.4. The molecule has 0 atom stereocenters. The van der Waals surface area contributed by atoms with Crippen molar-refractivity contribution in [2.24, 2.45) is 19.8 Å². The smallest absolute Gasteiger partial charge is 0.336 e. The molecular weight excluding hydrogens is 240 g/mol. The fourth-order valence-corrected chi connectivity index (χ4v) is 1.45. The molecule has 0 saturated carbocycles. The summed E-state index contributed by atoms with van der Waals surface area (Å²) >= 11 is 0. The van der Waals surface area contributed by atoms with Crippen molar-refractivity contribution in [3.63, 3.8) is 0 Å². The van der Waals surface area contributed by atoms with Gasteiger partial charge < -0.3 is 10.5 Å². The van der Waals surface area contributed by atoms with Crippen LogP contribution >= 0.6 is 0 Å². The SMILES string of the molecule is Cn1c(=O)c2nc(OCCN)nnc2n(C)c1=O. The van der Waals surface area contributed by atoms with Crippen molar-refractivity contribution < 1.29 is 4.74 Å². The van der Waals surface area contributed by atoms with Gasteiger partial charge in [-0.1, -0.05) is 5.10 Å². The molecule has 0 aliphatic carbocycles. The van der Waals surface area contributed by atoms with Crippen LogP contribution in [0.3, 0.4) is 0 Å². The summed E-state index contributed by atoms with van der Waals surface area (Å²) < 4.78 is 7.23. The van der Waals surface area contributed by atoms with E-state index in [4.69, 9.17) is 10.5 Å². The minimum absolute atomic E-state index is 0.0293. The molecule has 2 rings (SSSR count). The highest BCUT2D eigenvalue weighted by atomic mass is 16.5. The van der Waals surface area contributed by atoms with Gasteiger partial charge in [-0.2, -0.15) is 4.98 Å². The highest BCUT2D eigenvalue weighted by Gasteiger charge is 2.12. The number of aryl methyl sites for hydroxylation is 1. The van der Waals surface area contributed by atoms with Gasteiger partial charge in [-0.3, -0.25) is 13.9 Å². The Balaban J connectivity index is 2.70. The fraction of sp³-hybridized carbons (Fsp3) is 0.444. The van der Waals surface area contributed by atoms with Crippen LogP contribution in [0, 0.1) is 0 Å². The third-order valence-corrected chi connectivity index (χ3v) is 2.40. The topological polar surface area (TPSA) is 118 Å². The summed E-state index contributed by atoms with van der Waals surface area (Å²) in [6, 6.07) is -0.0382. The van der Waals surface area contributed by atoms with Crippen LogP contribution in [-0.4, -0.2) is 37.5 Å². The van der Waals surface area contributed by atoms with Crippen LogP contribution in [0.2, 0.25) is 0 Å². The third kappa shape index (κ3) is 1.84. The quantitative estimate of drug-likeness (QED) is 0.656. The largest absolute Gasteiger partial charge is 0.461 e. The van der Waals surface area contributed by atoms with E-state index in [9.17, 15) is 9.59 Å². The number of ether oxygens (including phenoxy) is 1. The van der Waals surface area contributed by atoms with Crippen LogP contribution in [-0.2, 0) is 14.1 Å². The summed E-state index contributed by atoms with van der Waals surface area (Å²) in [7, 11) is 2.85. The highest BCUT2D eigenvalue weighted by Crippen LogP contribution is 2.04. The monoisotopic (exact) mass is 252 g/mol. The third-order valence-electron chi connectivity index (χ3n) is 2.40. The van der Waals surface area contributed by atoms with Crippen LogP contribution in [0.5, 0.6) is 6.01 Å². The first-order valence-electron chi connectivity index (χ1n) is 5.19. The lowest BCUT2D eigenvalue weighted by Gasteiger charge is -2.06. The molecule has 0 aliphatic heterocycles. The van der Waals surface area contributed by atoms with E-state index in [1.807, 2.05) is 0 Å². The Morgan fingerprint density at radius 3 is 2.61 bits per heavy atom. The fourth-order valence-electron chi connectivity index (χ4n) is 1.45. The first kappa shape index (κ1) is 12.2. The van der Waals surface area contributed by atoms with E-state index in [1.54, 1.807) is 0 Å². The van der Waals surface area contributed by atoms with Crippen molar-refractivity contribution in [2.45, 2.75) is 0 Å². The molecule has 0 saturated heterocycles. The number of hydrogen-bond acceptors (Lipinski definition) is 7. The van der Waals surface area contributed by atoms with Crippen LogP contribution in [0.15, 0.2) is 9.59 Å². The Hall–Kier alpha value is -2.29. The van der Waals surface area contributed by atoms with Crippen molar-refractivity contribution in [3.05, 3.63) is 20.8 Å². The number of rotatable bonds is 3. The minimum atomic E-state index is -0.541. The lowest BCUT2D eigenvalue weighted by Crippen LogP contribution is -2.38. The van der Waals surface area contributed by atoms with Gasteiger partial charge in [-0.15, -0.1) is 5.10 Å². The van der Waals surface area contributed by atoms with Gasteiger partial charge in [0.2, 0.25) is 0 Å². The normalized spacial score (nSPS) is 10.8. The molecule has 0 fully saturated rings. The van der Waals surface area contributed by atoms with Crippen molar-refractivity contribution >= 4 is 11.2 Å². The van der Waals surface area contributed by atoms with Gasteiger partial charge in [0.25, 0.3) is 5.56 Å². The number of nitrogens with two attached hydrogens (primary N) is 1. The van der Waals surface area contributed by atoms with E-state index < -0.39 is 11.2 Å². The lowest BCUT2D eigenvalue weighted by atomic mass is 10.5. The molecule has 9 nitrogen and oxygen atoms in total. The molecule has 96 valence electrons. The predicted molar refractivity (Wildman–Crippen MR) is 62.4 cm³/mol. The predicted octanol–water partition coefficient (Wildman–Crippen LogP) is -2.24. The summed E-state index contributed by atoms with van der Waals surface area (Å²) in [5.74, 6) is 0. The molecule has 18 heavy (non-hydrogen) atoms. The average Bonchev–Trinajstić information content (AvgIpc) is 2.40. The second-order valence-corrected chi connectivity index (χ2v) is 3.61. The van der Waals surface area contributed by atoms with Crippen LogP contribution in [0.4, 0.5) is 0 Å². The van der Waals surface area contributed by atoms with Crippen LogP contribution in [0.25, 0.3) is 11.2 Å². The maximum absolute atomic E-state index is 11.9. The highest BCUT2D eigenvalue weighted by molar-refractivity contribution is 5.67. The Kier molecular flexibility index (Phi) is 3.06. The van der Waals surface area contributed by atoms with E-state index >= 15 is 0 Å². The zero-order valence-corrected chi connectivity index (χ0v) is 9.95. The molecule has 0 radical (unpaired) electrons. The molecule has 0 aromatic carbocycles. The number of hydrogen-bond donors (Lipinski definition) is 1. The average molecular weight is 252 g/mol. The molecule has 9 heteroatoms. The van der Waals surface area contributed by atoms with E-state index in [1.165, 1.54) is 18.7 Å². The summed E-state index contributed by atoms with van der Waals surface area (Å²) in [5, 5.41) is 7.44.